The molecule has 0 aliphatic carbocycles. The molecule has 0 unspecified atom stereocenters. The van der Waals surface area contributed by atoms with Crippen LogP contribution in [0.3, 0.4) is 0 Å². The van der Waals surface area contributed by atoms with Crippen LogP contribution in [0.4, 0.5) is 0 Å². The second kappa shape index (κ2) is 10.8. The summed E-state index contributed by atoms with van der Waals surface area (Å²) >= 11 is 0. The molecular weight excluding hydrogens is 372 g/mol. The van der Waals surface area contributed by atoms with Gasteiger partial charge < -0.3 is 15.3 Å². The van der Waals surface area contributed by atoms with Crippen molar-refractivity contribution in [2.45, 2.75) is 32.7 Å². The molecular formula is C25H28N4O. The van der Waals surface area contributed by atoms with Gasteiger partial charge in [0.2, 0.25) is 5.91 Å². The van der Waals surface area contributed by atoms with Gasteiger partial charge in [0.15, 0.2) is 0 Å². The van der Waals surface area contributed by atoms with Crippen LogP contribution < -0.4 is 5.32 Å². The molecule has 3 N–H and O–H groups in total. The molecule has 1 amide bonds. The Bertz CT molecular complexity index is 1080. The van der Waals surface area contributed by atoms with E-state index in [9.17, 15) is 4.79 Å². The quantitative estimate of drug-likeness (QED) is 0.282. The number of amides is 1. The predicted molar refractivity (Wildman–Crippen MR) is 123 cm³/mol. The molecule has 5 nitrogen and oxygen atoms in total. The summed E-state index contributed by atoms with van der Waals surface area (Å²) in [6.07, 6.45) is 7.87. The van der Waals surface area contributed by atoms with Gasteiger partial charge in [-0.2, -0.15) is 0 Å². The van der Waals surface area contributed by atoms with Crippen LogP contribution in [0, 0.1) is 6.92 Å². The molecule has 0 atom stereocenters. The summed E-state index contributed by atoms with van der Waals surface area (Å²) in [6, 6.07) is 18.3. The lowest BCUT2D eigenvalue weighted by molar-refractivity contribution is -0.121. The normalized spacial score (nSPS) is 10.3. The number of para-hydroxylation sites is 1. The summed E-state index contributed by atoms with van der Waals surface area (Å²) in [7, 11) is 0. The lowest BCUT2D eigenvalue weighted by atomic mass is 10.2. The van der Waals surface area contributed by atoms with E-state index < -0.39 is 0 Å². The molecule has 2 heterocycles. The van der Waals surface area contributed by atoms with Gasteiger partial charge in [0, 0.05) is 23.5 Å². The number of aryl methyl sites for hydroxylation is 1. The van der Waals surface area contributed by atoms with Crippen molar-refractivity contribution in [2.24, 2.45) is 0 Å². The van der Waals surface area contributed by atoms with Crippen LogP contribution in [-0.2, 0) is 11.3 Å². The van der Waals surface area contributed by atoms with E-state index in [1.54, 1.807) is 6.20 Å². The number of aromatic amines is 2. The number of carbonyl (C=O) groups excluding carboxylic acids is 1. The molecule has 0 fully saturated rings. The van der Waals surface area contributed by atoms with Crippen molar-refractivity contribution in [2.75, 3.05) is 0 Å². The number of aromatic nitrogens is 3. The van der Waals surface area contributed by atoms with Gasteiger partial charge in [-0.3, -0.25) is 4.79 Å². The first-order chi connectivity index (χ1) is 14.7. The maximum Gasteiger partial charge on any atom is 0.220 e. The molecule has 0 aliphatic rings. The van der Waals surface area contributed by atoms with E-state index in [0.717, 1.165) is 29.9 Å². The molecule has 4 rings (SSSR count). The third-order valence-corrected chi connectivity index (χ3v) is 4.77. The zero-order valence-electron chi connectivity index (χ0n) is 17.3. The zero-order chi connectivity index (χ0) is 21.2. The van der Waals surface area contributed by atoms with Gasteiger partial charge in [0.25, 0.3) is 0 Å². The average molecular weight is 401 g/mol. The fourth-order valence-corrected chi connectivity index (χ4v) is 3.11. The van der Waals surface area contributed by atoms with E-state index in [1.807, 2.05) is 48.7 Å². The molecule has 0 bridgehead atoms. The van der Waals surface area contributed by atoms with Gasteiger partial charge in [-0.1, -0.05) is 54.6 Å². The lowest BCUT2D eigenvalue weighted by Gasteiger charge is -2.02. The van der Waals surface area contributed by atoms with Crippen molar-refractivity contribution < 1.29 is 4.79 Å². The van der Waals surface area contributed by atoms with Gasteiger partial charge in [0.1, 0.15) is 5.82 Å². The number of H-pyrrole nitrogens is 2. The number of hydrogen-bond acceptors (Lipinski definition) is 2. The SMILES string of the molecule is C=CCCCC(=O)NCc1ncc(-c2ccccc2)[nH]1.Cc1c[nH]c2ccccc12. The average Bonchev–Trinajstić information content (AvgIpc) is 3.41. The third-order valence-electron chi connectivity index (χ3n) is 4.77. The van der Waals surface area contributed by atoms with E-state index in [-0.39, 0.29) is 5.91 Å². The first kappa shape index (κ1) is 21.1. The van der Waals surface area contributed by atoms with Crippen molar-refractivity contribution in [1.29, 1.82) is 0 Å². The van der Waals surface area contributed by atoms with Crippen molar-refractivity contribution >= 4 is 16.8 Å². The highest BCUT2D eigenvalue weighted by Crippen LogP contribution is 2.16. The number of hydrogen-bond donors (Lipinski definition) is 3. The monoisotopic (exact) mass is 400 g/mol. The summed E-state index contributed by atoms with van der Waals surface area (Å²) in [5.41, 5.74) is 4.58. The smallest absolute Gasteiger partial charge is 0.220 e. The summed E-state index contributed by atoms with van der Waals surface area (Å²) in [6.45, 7) is 6.18. The highest BCUT2D eigenvalue weighted by molar-refractivity contribution is 5.82. The van der Waals surface area contributed by atoms with Crippen molar-refractivity contribution in [3.63, 3.8) is 0 Å². The molecule has 4 aromatic rings. The molecule has 0 spiro atoms. The molecule has 5 heteroatoms. The zero-order valence-corrected chi connectivity index (χ0v) is 17.3. The first-order valence-electron chi connectivity index (χ1n) is 10.2. The van der Waals surface area contributed by atoms with E-state index in [2.05, 4.69) is 52.0 Å². The fraction of sp³-hybridized carbons (Fsp3) is 0.200. The minimum absolute atomic E-state index is 0.0458. The second-order valence-electron chi connectivity index (χ2n) is 7.08. The Morgan fingerprint density at radius 3 is 2.67 bits per heavy atom. The Labute approximate surface area is 177 Å². The van der Waals surface area contributed by atoms with Gasteiger partial charge >= 0.3 is 0 Å². The highest BCUT2D eigenvalue weighted by atomic mass is 16.1. The van der Waals surface area contributed by atoms with Crippen molar-refractivity contribution in [3.05, 3.63) is 91.0 Å². The molecule has 0 radical (unpaired) electrons. The number of allylic oxidation sites excluding steroid dienone is 1. The Hall–Kier alpha value is -3.60. The van der Waals surface area contributed by atoms with Crippen LogP contribution in [0.5, 0.6) is 0 Å². The molecule has 2 aromatic carbocycles. The standard InChI is InChI=1S/C16H19N3O.C9H9N/c1-2-3-5-10-16(20)18-12-15-17-11-14(19-15)13-8-6-4-7-9-13;1-7-6-10-9-5-3-2-4-8(7)9/h2,4,6-9,11H,1,3,5,10,12H2,(H,17,19)(H,18,20);2-6,10H,1H3. The number of fused-ring (bicyclic) bond motifs is 1. The number of imidazole rings is 1. The number of benzene rings is 2. The minimum atomic E-state index is 0.0458. The van der Waals surface area contributed by atoms with Crippen LogP contribution >= 0.6 is 0 Å². The summed E-state index contributed by atoms with van der Waals surface area (Å²) in [5, 5.41) is 4.18. The molecule has 0 saturated heterocycles. The van der Waals surface area contributed by atoms with E-state index >= 15 is 0 Å². The van der Waals surface area contributed by atoms with Crippen LogP contribution in [0.25, 0.3) is 22.2 Å². The Kier molecular flexibility index (Phi) is 7.61. The van der Waals surface area contributed by atoms with Gasteiger partial charge in [0.05, 0.1) is 18.4 Å². The largest absolute Gasteiger partial charge is 0.361 e. The second-order valence-corrected chi connectivity index (χ2v) is 7.08. The highest BCUT2D eigenvalue weighted by Gasteiger charge is 2.05. The topological polar surface area (TPSA) is 73.6 Å². The Morgan fingerprint density at radius 1 is 1.13 bits per heavy atom. The summed E-state index contributed by atoms with van der Waals surface area (Å²) in [5.74, 6) is 0.811. The molecule has 0 saturated carbocycles. The fourth-order valence-electron chi connectivity index (χ4n) is 3.11. The summed E-state index contributed by atoms with van der Waals surface area (Å²) in [4.78, 5) is 22.3. The number of carbonyl (C=O) groups is 1. The maximum atomic E-state index is 11.6. The van der Waals surface area contributed by atoms with Gasteiger partial charge in [-0.05, 0) is 37.0 Å². The predicted octanol–water partition coefficient (Wildman–Crippen LogP) is 5.53. The van der Waals surface area contributed by atoms with Crippen LogP contribution in [0.2, 0.25) is 0 Å². The Balaban J connectivity index is 0.000000212. The number of unbranched alkanes of at least 4 members (excludes halogenated alkanes) is 1. The first-order valence-corrected chi connectivity index (χ1v) is 10.2. The van der Waals surface area contributed by atoms with Gasteiger partial charge in [-0.25, -0.2) is 4.98 Å². The molecule has 2 aromatic heterocycles. The maximum absolute atomic E-state index is 11.6. The van der Waals surface area contributed by atoms with Crippen molar-refractivity contribution in [3.8, 4) is 11.3 Å². The van der Waals surface area contributed by atoms with E-state index in [0.29, 0.717) is 13.0 Å². The van der Waals surface area contributed by atoms with Gasteiger partial charge in [-0.15, -0.1) is 6.58 Å². The lowest BCUT2D eigenvalue weighted by Crippen LogP contribution is -2.22. The number of nitrogens with zero attached hydrogens (tertiary/aromatic N) is 1. The summed E-state index contributed by atoms with van der Waals surface area (Å²) < 4.78 is 0. The van der Waals surface area contributed by atoms with Crippen LogP contribution in [0.15, 0.2) is 79.6 Å². The van der Waals surface area contributed by atoms with Crippen LogP contribution in [0.1, 0.15) is 30.7 Å². The number of nitrogens with one attached hydrogen (secondary N) is 3. The minimum Gasteiger partial charge on any atom is -0.361 e. The molecule has 30 heavy (non-hydrogen) atoms. The Morgan fingerprint density at radius 2 is 1.90 bits per heavy atom. The molecule has 154 valence electrons. The van der Waals surface area contributed by atoms with Crippen LogP contribution in [-0.4, -0.2) is 20.9 Å². The third kappa shape index (κ3) is 5.95. The molecule has 0 aliphatic heterocycles. The van der Waals surface area contributed by atoms with E-state index in [4.69, 9.17) is 0 Å². The number of rotatable bonds is 7. The van der Waals surface area contributed by atoms with E-state index in [1.165, 1.54) is 16.5 Å². The van der Waals surface area contributed by atoms with Crippen molar-refractivity contribution in [1.82, 2.24) is 20.3 Å².